The monoisotopic (exact) mass is 448 g/mol. The number of rotatable bonds is 7. The zero-order valence-corrected chi connectivity index (χ0v) is 18.1. The number of fused-ring (bicyclic) bond motifs is 1. The molecular formula is C25H26N3O5-. The molecule has 0 saturated heterocycles. The quantitative estimate of drug-likeness (QED) is 0.563. The van der Waals surface area contributed by atoms with Crippen LogP contribution in [0.5, 0.6) is 5.75 Å². The molecule has 1 amide bonds. The van der Waals surface area contributed by atoms with E-state index in [1.165, 1.54) is 12.1 Å². The summed E-state index contributed by atoms with van der Waals surface area (Å²) in [4.78, 5) is 41.3. The summed E-state index contributed by atoms with van der Waals surface area (Å²) in [5.41, 5.74) is 1.29. The third-order valence-electron chi connectivity index (χ3n) is 6.38. The van der Waals surface area contributed by atoms with Crippen molar-refractivity contribution in [1.82, 2.24) is 14.9 Å². The number of aromatic hydroxyl groups is 1. The largest absolute Gasteiger partial charge is 0.548 e. The van der Waals surface area contributed by atoms with E-state index in [1.807, 2.05) is 18.2 Å². The van der Waals surface area contributed by atoms with Gasteiger partial charge in [0.1, 0.15) is 5.75 Å². The fourth-order valence-electron chi connectivity index (χ4n) is 4.47. The molecule has 0 radical (unpaired) electrons. The second-order valence-electron chi connectivity index (χ2n) is 8.69. The minimum atomic E-state index is -1.34. The predicted octanol–water partition coefficient (Wildman–Crippen LogP) is 1.39. The number of carboxylic acids is 1. The molecular weight excluding hydrogens is 422 g/mol. The van der Waals surface area contributed by atoms with Crippen LogP contribution in [0.1, 0.15) is 31.2 Å². The number of nitrogens with one attached hydrogen (secondary N) is 1. The lowest BCUT2D eigenvalue weighted by atomic mass is 9.81. The Kier molecular flexibility index (Phi) is 6.72. The molecule has 172 valence electrons. The van der Waals surface area contributed by atoms with Crippen molar-refractivity contribution in [3.05, 3.63) is 70.8 Å². The van der Waals surface area contributed by atoms with Crippen molar-refractivity contribution < 1.29 is 19.8 Å². The first-order valence-electron chi connectivity index (χ1n) is 11.1. The first-order chi connectivity index (χ1) is 15.9. The maximum Gasteiger partial charge on any atom is 0.261 e. The van der Waals surface area contributed by atoms with Crippen molar-refractivity contribution in [2.75, 3.05) is 0 Å². The molecule has 1 aliphatic carbocycles. The zero-order chi connectivity index (χ0) is 23.4. The topological polar surface area (TPSA) is 124 Å². The number of hydrogen-bond acceptors (Lipinski definition) is 6. The lowest BCUT2D eigenvalue weighted by Crippen LogP contribution is -2.51. The van der Waals surface area contributed by atoms with Gasteiger partial charge < -0.3 is 20.3 Å². The molecule has 0 aliphatic heterocycles. The summed E-state index contributed by atoms with van der Waals surface area (Å²) in [6.45, 7) is 0.549. The first-order valence-corrected chi connectivity index (χ1v) is 11.1. The molecule has 3 aromatic rings. The van der Waals surface area contributed by atoms with E-state index in [-0.39, 0.29) is 35.5 Å². The molecule has 2 aromatic carbocycles. The summed E-state index contributed by atoms with van der Waals surface area (Å²) in [6.07, 6.45) is 4.46. The van der Waals surface area contributed by atoms with Gasteiger partial charge in [-0.05, 0) is 67.9 Å². The molecule has 0 bridgehead atoms. The van der Waals surface area contributed by atoms with Crippen molar-refractivity contribution in [2.24, 2.45) is 11.8 Å². The summed E-state index contributed by atoms with van der Waals surface area (Å²) >= 11 is 0. The lowest BCUT2D eigenvalue weighted by molar-refractivity contribution is -0.308. The molecule has 4 rings (SSSR count). The molecule has 1 saturated carbocycles. The third-order valence-corrected chi connectivity index (χ3v) is 6.38. The summed E-state index contributed by atoms with van der Waals surface area (Å²) < 4.78 is 1.64. The van der Waals surface area contributed by atoms with Gasteiger partial charge in [0.2, 0.25) is 5.91 Å². The van der Waals surface area contributed by atoms with E-state index in [2.05, 4.69) is 10.3 Å². The Morgan fingerprint density at radius 3 is 2.48 bits per heavy atom. The van der Waals surface area contributed by atoms with Crippen LogP contribution < -0.4 is 16.0 Å². The Morgan fingerprint density at radius 1 is 1.09 bits per heavy atom. The SMILES string of the molecule is O=C(N[C@@H](Cc1ccc(O)cc1)C(=O)[O-])C1CCC(Cn2cnc3ccccc3c2=O)CC1. The number of hydrogen-bond donors (Lipinski definition) is 2. The Hall–Kier alpha value is -3.68. The molecule has 33 heavy (non-hydrogen) atoms. The molecule has 1 aliphatic rings. The van der Waals surface area contributed by atoms with E-state index < -0.39 is 12.0 Å². The van der Waals surface area contributed by atoms with E-state index in [1.54, 1.807) is 29.1 Å². The Labute approximate surface area is 190 Å². The molecule has 1 atom stereocenters. The summed E-state index contributed by atoms with van der Waals surface area (Å²) in [5, 5.41) is 24.1. The fourth-order valence-corrected chi connectivity index (χ4v) is 4.47. The van der Waals surface area contributed by atoms with Crippen LogP contribution >= 0.6 is 0 Å². The van der Waals surface area contributed by atoms with Crippen LogP contribution in [0.3, 0.4) is 0 Å². The van der Waals surface area contributed by atoms with Crippen LogP contribution in [0.4, 0.5) is 0 Å². The van der Waals surface area contributed by atoms with Gasteiger partial charge in [-0.3, -0.25) is 14.2 Å². The van der Waals surface area contributed by atoms with Crippen molar-refractivity contribution in [2.45, 2.75) is 44.7 Å². The average molecular weight is 448 g/mol. The molecule has 1 aromatic heterocycles. The van der Waals surface area contributed by atoms with Crippen LogP contribution in [-0.2, 0) is 22.6 Å². The Morgan fingerprint density at radius 2 is 1.79 bits per heavy atom. The van der Waals surface area contributed by atoms with Gasteiger partial charge >= 0.3 is 0 Å². The number of phenols is 1. The normalized spacial score (nSPS) is 19.2. The van der Waals surface area contributed by atoms with Gasteiger partial charge in [-0.25, -0.2) is 4.98 Å². The van der Waals surface area contributed by atoms with E-state index in [0.29, 0.717) is 35.9 Å². The van der Waals surface area contributed by atoms with Gasteiger partial charge in [-0.15, -0.1) is 0 Å². The van der Waals surface area contributed by atoms with Crippen molar-refractivity contribution in [3.63, 3.8) is 0 Å². The summed E-state index contributed by atoms with van der Waals surface area (Å²) in [5.74, 6) is -1.55. The Balaban J connectivity index is 1.32. The molecule has 1 fully saturated rings. The number of phenolic OH excluding ortho intramolecular Hbond substituents is 1. The lowest BCUT2D eigenvalue weighted by Gasteiger charge is -2.30. The smallest absolute Gasteiger partial charge is 0.261 e. The number of para-hydroxylation sites is 1. The van der Waals surface area contributed by atoms with Gasteiger partial charge in [0, 0.05) is 12.5 Å². The van der Waals surface area contributed by atoms with Crippen molar-refractivity contribution in [1.29, 1.82) is 0 Å². The summed E-state index contributed by atoms with van der Waals surface area (Å²) in [7, 11) is 0. The minimum absolute atomic E-state index is 0.0634. The van der Waals surface area contributed by atoms with Crippen LogP contribution in [0.15, 0.2) is 59.7 Å². The number of nitrogens with zero attached hydrogens (tertiary/aromatic N) is 2. The molecule has 8 nitrogen and oxygen atoms in total. The van der Waals surface area contributed by atoms with Crippen LogP contribution in [0.2, 0.25) is 0 Å². The Bertz CT molecular complexity index is 1200. The highest BCUT2D eigenvalue weighted by molar-refractivity contribution is 5.84. The highest BCUT2D eigenvalue weighted by atomic mass is 16.4. The van der Waals surface area contributed by atoms with Gasteiger partial charge in [-0.1, -0.05) is 24.3 Å². The van der Waals surface area contributed by atoms with Crippen LogP contribution in [0.25, 0.3) is 10.9 Å². The van der Waals surface area contributed by atoms with Crippen LogP contribution in [0, 0.1) is 11.8 Å². The third kappa shape index (κ3) is 5.39. The average Bonchev–Trinajstić information content (AvgIpc) is 2.82. The summed E-state index contributed by atoms with van der Waals surface area (Å²) in [6, 6.07) is 12.3. The maximum atomic E-state index is 12.7. The van der Waals surface area contributed by atoms with Crippen molar-refractivity contribution >= 4 is 22.8 Å². The van der Waals surface area contributed by atoms with Crippen LogP contribution in [-0.4, -0.2) is 32.6 Å². The van der Waals surface area contributed by atoms with E-state index in [9.17, 15) is 24.6 Å². The number of aliphatic carboxylic acids is 1. The highest BCUT2D eigenvalue weighted by Crippen LogP contribution is 2.30. The van der Waals surface area contributed by atoms with E-state index in [0.717, 1.165) is 12.8 Å². The number of aromatic nitrogens is 2. The van der Waals surface area contributed by atoms with E-state index in [4.69, 9.17) is 0 Å². The zero-order valence-electron chi connectivity index (χ0n) is 18.1. The van der Waals surface area contributed by atoms with Gasteiger partial charge in [0.25, 0.3) is 5.56 Å². The molecule has 1 heterocycles. The molecule has 0 spiro atoms. The molecule has 0 unspecified atom stereocenters. The predicted molar refractivity (Wildman–Crippen MR) is 120 cm³/mol. The second-order valence-corrected chi connectivity index (χ2v) is 8.69. The molecule has 2 N–H and O–H groups in total. The van der Waals surface area contributed by atoms with Crippen molar-refractivity contribution in [3.8, 4) is 5.75 Å². The second kappa shape index (κ2) is 9.85. The van der Waals surface area contributed by atoms with Gasteiger partial charge in [0.05, 0.1) is 29.2 Å². The fraction of sp³-hybridized carbons (Fsp3) is 0.360. The number of carbonyl (C=O) groups is 2. The number of carboxylic acid groups (broad SMARTS) is 1. The minimum Gasteiger partial charge on any atom is -0.548 e. The number of amides is 1. The van der Waals surface area contributed by atoms with Gasteiger partial charge in [-0.2, -0.15) is 0 Å². The number of benzene rings is 2. The standard InChI is InChI=1S/C25H27N3O5/c29-19-11-7-16(8-12-19)13-22(25(32)33)27-23(30)18-9-5-17(6-10-18)14-28-15-26-21-4-2-1-3-20(21)24(28)31/h1-4,7-8,11-12,15,17-18,22,29H,5-6,9-10,13-14H2,(H,27,30)(H,32,33)/p-1/t17?,18?,22-/m0/s1. The van der Waals surface area contributed by atoms with E-state index >= 15 is 0 Å². The first kappa shape index (κ1) is 22.5. The highest BCUT2D eigenvalue weighted by Gasteiger charge is 2.28. The molecule has 8 heteroatoms. The van der Waals surface area contributed by atoms with Gasteiger partial charge in [0.15, 0.2) is 0 Å². The maximum absolute atomic E-state index is 12.7. The number of carbonyl (C=O) groups excluding carboxylic acids is 2.